The van der Waals surface area contributed by atoms with Gasteiger partial charge in [-0.1, -0.05) is 45.0 Å². The first-order valence-corrected chi connectivity index (χ1v) is 15.2. The first-order chi connectivity index (χ1) is 19.9. The quantitative estimate of drug-likeness (QED) is 0.240. The number of likely N-dealkylation sites (tertiary alicyclic amines) is 1. The van der Waals surface area contributed by atoms with Crippen molar-refractivity contribution in [1.82, 2.24) is 20.5 Å². The molecule has 5 N–H and O–H groups in total. The van der Waals surface area contributed by atoms with Gasteiger partial charge in [0.25, 0.3) is 0 Å². The van der Waals surface area contributed by atoms with E-state index in [1.807, 2.05) is 64.4 Å². The van der Waals surface area contributed by atoms with Crippen molar-refractivity contribution in [2.24, 2.45) is 11.1 Å². The van der Waals surface area contributed by atoms with Crippen LogP contribution in [-0.2, 0) is 23.9 Å². The van der Waals surface area contributed by atoms with E-state index >= 15 is 0 Å². The number of hydrogen-bond donors (Lipinski definition) is 4. The summed E-state index contributed by atoms with van der Waals surface area (Å²) < 4.78 is 10.7. The molecule has 4 atom stereocenters. The molecular formula is C30H45N5O6S. The van der Waals surface area contributed by atoms with E-state index in [-0.39, 0.29) is 31.5 Å². The Kier molecular flexibility index (Phi) is 12.4. The van der Waals surface area contributed by atoms with Crippen molar-refractivity contribution in [3.8, 4) is 10.4 Å². The summed E-state index contributed by atoms with van der Waals surface area (Å²) >= 11 is 1.58. The normalized spacial score (nSPS) is 18.5. The fourth-order valence-electron chi connectivity index (χ4n) is 4.83. The Hall–Kier alpha value is -2.90. The van der Waals surface area contributed by atoms with Crippen LogP contribution in [0.25, 0.3) is 10.4 Å². The molecule has 0 bridgehead atoms. The van der Waals surface area contributed by atoms with Crippen LogP contribution in [0.2, 0.25) is 0 Å². The van der Waals surface area contributed by atoms with Gasteiger partial charge in [0, 0.05) is 32.7 Å². The SMILES string of the molecule is Cc1ncsc1-c1ccc([C@H](C)NC(=O)[C@@H]2C[C@@H](O)CN2C(=O)[C@@H](NC(=O)COCCCOCCN)C(C)(C)C)cc1. The van der Waals surface area contributed by atoms with Crippen LogP contribution in [0.15, 0.2) is 29.8 Å². The summed E-state index contributed by atoms with van der Waals surface area (Å²) in [7, 11) is 0. The Balaban J connectivity index is 1.61. The number of aliphatic hydroxyl groups is 1. The minimum atomic E-state index is -0.915. The molecule has 11 nitrogen and oxygen atoms in total. The van der Waals surface area contributed by atoms with E-state index in [2.05, 4.69) is 15.6 Å². The van der Waals surface area contributed by atoms with Crippen LogP contribution in [0.3, 0.4) is 0 Å². The number of carbonyl (C=O) groups excluding carboxylic acids is 3. The summed E-state index contributed by atoms with van der Waals surface area (Å²) in [5, 5.41) is 16.2. The predicted molar refractivity (Wildman–Crippen MR) is 162 cm³/mol. The van der Waals surface area contributed by atoms with Crippen LogP contribution in [-0.4, -0.2) is 90.4 Å². The second-order valence-electron chi connectivity index (χ2n) is 11.7. The van der Waals surface area contributed by atoms with Gasteiger partial charge in [-0.25, -0.2) is 4.98 Å². The standard InChI is InChI=1S/C30H45N5O6S/c1-19(21-7-9-22(10-8-21)26-20(2)32-18-42-26)33-28(38)24-15-23(36)16-35(24)29(39)27(30(3,4)5)34-25(37)17-41-13-6-12-40-14-11-31/h7-10,18-19,23-24,27,36H,6,11-17,31H2,1-5H3,(H,33,38)(H,34,37)/t19-,23+,24-,27+/m0/s1. The molecule has 0 aliphatic carbocycles. The Morgan fingerprint density at radius 2 is 1.83 bits per heavy atom. The van der Waals surface area contributed by atoms with Gasteiger partial charge in [-0.3, -0.25) is 14.4 Å². The van der Waals surface area contributed by atoms with Gasteiger partial charge in [-0.05, 0) is 36.8 Å². The van der Waals surface area contributed by atoms with E-state index in [9.17, 15) is 19.5 Å². The number of ether oxygens (including phenoxy) is 2. The fourth-order valence-corrected chi connectivity index (χ4v) is 5.64. The molecule has 1 aromatic carbocycles. The van der Waals surface area contributed by atoms with E-state index in [0.717, 1.165) is 21.7 Å². The molecule has 1 saturated heterocycles. The number of carbonyl (C=O) groups is 3. The highest BCUT2D eigenvalue weighted by molar-refractivity contribution is 7.13. The predicted octanol–water partition coefficient (Wildman–Crippen LogP) is 2.17. The molecule has 0 radical (unpaired) electrons. The lowest BCUT2D eigenvalue weighted by Gasteiger charge is -2.35. The molecular weight excluding hydrogens is 558 g/mol. The number of hydrogen-bond acceptors (Lipinski definition) is 9. The van der Waals surface area contributed by atoms with Crippen molar-refractivity contribution in [1.29, 1.82) is 0 Å². The molecule has 1 fully saturated rings. The number of nitrogens with two attached hydrogens (primary N) is 1. The smallest absolute Gasteiger partial charge is 0.246 e. The van der Waals surface area contributed by atoms with E-state index in [1.54, 1.807) is 11.3 Å². The Morgan fingerprint density at radius 1 is 1.14 bits per heavy atom. The number of rotatable bonds is 14. The number of nitrogens with one attached hydrogen (secondary N) is 2. The third-order valence-corrected chi connectivity index (χ3v) is 8.11. The van der Waals surface area contributed by atoms with E-state index in [0.29, 0.717) is 32.8 Å². The lowest BCUT2D eigenvalue weighted by atomic mass is 9.85. The third kappa shape index (κ3) is 9.30. The third-order valence-electron chi connectivity index (χ3n) is 7.13. The second kappa shape index (κ2) is 15.5. The van der Waals surface area contributed by atoms with Crippen LogP contribution in [0.4, 0.5) is 0 Å². The minimum absolute atomic E-state index is 0.00987. The summed E-state index contributed by atoms with van der Waals surface area (Å²) in [6, 6.07) is 5.84. The summed E-state index contributed by atoms with van der Waals surface area (Å²) in [6.07, 6.45) is -0.109. The molecule has 1 aromatic heterocycles. The zero-order valence-electron chi connectivity index (χ0n) is 25.2. The van der Waals surface area contributed by atoms with Crippen LogP contribution in [0, 0.1) is 12.3 Å². The number of nitrogens with zero attached hydrogens (tertiary/aromatic N) is 2. The first-order valence-electron chi connectivity index (χ1n) is 14.4. The largest absolute Gasteiger partial charge is 0.391 e. The maximum atomic E-state index is 13.7. The average Bonchev–Trinajstić information content (AvgIpc) is 3.55. The summed E-state index contributed by atoms with van der Waals surface area (Å²) in [4.78, 5) is 46.6. The van der Waals surface area contributed by atoms with E-state index < -0.39 is 35.4 Å². The van der Waals surface area contributed by atoms with Gasteiger partial charge in [0.1, 0.15) is 18.7 Å². The molecule has 0 spiro atoms. The Labute approximate surface area is 252 Å². The van der Waals surface area contributed by atoms with Gasteiger partial charge in [-0.2, -0.15) is 0 Å². The Morgan fingerprint density at radius 3 is 2.45 bits per heavy atom. The molecule has 2 aromatic rings. The van der Waals surface area contributed by atoms with Gasteiger partial charge in [0.05, 0.1) is 34.8 Å². The molecule has 2 heterocycles. The van der Waals surface area contributed by atoms with Crippen LogP contribution in [0.5, 0.6) is 0 Å². The number of amides is 3. The second-order valence-corrected chi connectivity index (χ2v) is 12.5. The number of benzene rings is 1. The van der Waals surface area contributed by atoms with E-state index in [4.69, 9.17) is 15.2 Å². The summed E-state index contributed by atoms with van der Waals surface area (Å²) in [5.74, 6) is -1.20. The maximum Gasteiger partial charge on any atom is 0.246 e. The minimum Gasteiger partial charge on any atom is -0.391 e. The topological polar surface area (TPSA) is 156 Å². The van der Waals surface area contributed by atoms with Gasteiger partial charge in [-0.15, -0.1) is 11.3 Å². The molecule has 232 valence electrons. The van der Waals surface area contributed by atoms with Gasteiger partial charge < -0.3 is 35.8 Å². The highest BCUT2D eigenvalue weighted by atomic mass is 32.1. The molecule has 42 heavy (non-hydrogen) atoms. The summed E-state index contributed by atoms with van der Waals surface area (Å²) in [6.45, 7) is 10.9. The number of aryl methyl sites for hydroxylation is 1. The molecule has 3 amide bonds. The van der Waals surface area contributed by atoms with Crippen molar-refractivity contribution in [2.45, 2.75) is 71.7 Å². The molecule has 1 aliphatic heterocycles. The van der Waals surface area contributed by atoms with Crippen molar-refractivity contribution in [2.75, 3.05) is 39.5 Å². The molecule has 0 saturated carbocycles. The van der Waals surface area contributed by atoms with Crippen molar-refractivity contribution in [3.05, 3.63) is 41.0 Å². The molecule has 12 heteroatoms. The first kappa shape index (κ1) is 33.6. The summed E-state index contributed by atoms with van der Waals surface area (Å²) in [5.41, 5.74) is 9.50. The maximum absolute atomic E-state index is 13.7. The monoisotopic (exact) mass is 603 g/mol. The highest BCUT2D eigenvalue weighted by Gasteiger charge is 2.44. The van der Waals surface area contributed by atoms with Crippen molar-refractivity contribution in [3.63, 3.8) is 0 Å². The van der Waals surface area contributed by atoms with E-state index in [1.165, 1.54) is 4.90 Å². The zero-order chi connectivity index (χ0) is 30.9. The number of aliphatic hydroxyl groups excluding tert-OH is 1. The lowest BCUT2D eigenvalue weighted by molar-refractivity contribution is -0.144. The van der Waals surface area contributed by atoms with Gasteiger partial charge >= 0.3 is 0 Å². The van der Waals surface area contributed by atoms with Crippen molar-refractivity contribution >= 4 is 29.1 Å². The van der Waals surface area contributed by atoms with Crippen LogP contribution in [0.1, 0.15) is 57.8 Å². The molecule has 1 aliphatic rings. The zero-order valence-corrected chi connectivity index (χ0v) is 26.0. The van der Waals surface area contributed by atoms with Crippen molar-refractivity contribution < 1.29 is 29.0 Å². The molecule has 3 rings (SSSR count). The molecule has 0 unspecified atom stereocenters. The Bertz CT molecular complexity index is 1180. The highest BCUT2D eigenvalue weighted by Crippen LogP contribution is 2.29. The fraction of sp³-hybridized carbons (Fsp3) is 0.600. The van der Waals surface area contributed by atoms with Crippen LogP contribution >= 0.6 is 11.3 Å². The number of thiazole rings is 1. The van der Waals surface area contributed by atoms with Gasteiger partial charge in [0.15, 0.2) is 0 Å². The van der Waals surface area contributed by atoms with Gasteiger partial charge in [0.2, 0.25) is 17.7 Å². The number of aromatic nitrogens is 1. The number of β-amino-alcohol motifs (C(OH)–C–C–N with tert-alkyl or cyclic N) is 1. The average molecular weight is 604 g/mol. The lowest BCUT2D eigenvalue weighted by Crippen LogP contribution is -2.58. The van der Waals surface area contributed by atoms with Crippen LogP contribution < -0.4 is 16.4 Å².